The Morgan fingerprint density at radius 1 is 1.11 bits per heavy atom. The number of anilines is 1. The van der Waals surface area contributed by atoms with Gasteiger partial charge in [-0.3, -0.25) is 14.5 Å². The van der Waals surface area contributed by atoms with Crippen molar-refractivity contribution in [2.45, 2.75) is 44.2 Å². The lowest BCUT2D eigenvalue weighted by molar-refractivity contribution is 0.0523. The second kappa shape index (κ2) is 10.4. The van der Waals surface area contributed by atoms with Crippen LogP contribution in [-0.4, -0.2) is 37.5 Å². The number of fused-ring (bicyclic) bond motifs is 1. The molecule has 2 amide bonds. The van der Waals surface area contributed by atoms with Crippen molar-refractivity contribution in [1.29, 1.82) is 0 Å². The Balaban J connectivity index is 1.61. The largest absolute Gasteiger partial charge is 0.444 e. The third kappa shape index (κ3) is 6.25. The number of ether oxygens (including phenoxy) is 1. The van der Waals surface area contributed by atoms with Crippen molar-refractivity contribution in [3.05, 3.63) is 77.1 Å². The van der Waals surface area contributed by atoms with Gasteiger partial charge in [-0.05, 0) is 44.0 Å². The fraction of sp³-hybridized carbons (Fsp3) is 0.269. The van der Waals surface area contributed by atoms with Gasteiger partial charge >= 0.3 is 6.09 Å². The lowest BCUT2D eigenvalue weighted by Crippen LogP contribution is -2.32. The van der Waals surface area contributed by atoms with Crippen LogP contribution in [0.4, 0.5) is 19.3 Å². The summed E-state index contributed by atoms with van der Waals surface area (Å²) in [7, 11) is -4.57. The number of sulfonamides is 1. The van der Waals surface area contributed by atoms with E-state index in [0.29, 0.717) is 30.3 Å². The highest BCUT2D eigenvalue weighted by Gasteiger charge is 2.27. The number of carbonyl (C=O) groups excluding carboxylic acids is 2. The van der Waals surface area contributed by atoms with Gasteiger partial charge in [0, 0.05) is 31.1 Å². The fourth-order valence-corrected chi connectivity index (χ4v) is 5.18. The van der Waals surface area contributed by atoms with Crippen LogP contribution in [0.3, 0.4) is 0 Å². The first-order valence-corrected chi connectivity index (χ1v) is 13.2. The molecule has 38 heavy (non-hydrogen) atoms. The second-order valence-electron chi connectivity index (χ2n) is 9.65. The zero-order valence-electron chi connectivity index (χ0n) is 20.9. The van der Waals surface area contributed by atoms with Crippen LogP contribution in [0.2, 0.25) is 0 Å². The third-order valence-corrected chi connectivity index (χ3v) is 6.95. The van der Waals surface area contributed by atoms with Crippen molar-refractivity contribution in [3.8, 4) is 11.1 Å². The van der Waals surface area contributed by atoms with Crippen molar-refractivity contribution in [1.82, 2.24) is 15.6 Å². The predicted octanol–water partition coefficient (Wildman–Crippen LogP) is 4.14. The molecule has 12 heteroatoms. The van der Waals surface area contributed by atoms with Gasteiger partial charge in [0.15, 0.2) is 0 Å². The topological polar surface area (TPSA) is 126 Å². The molecule has 0 radical (unpaired) electrons. The molecule has 2 aromatic carbocycles. The van der Waals surface area contributed by atoms with Gasteiger partial charge in [-0.1, -0.05) is 24.3 Å². The monoisotopic (exact) mass is 544 g/mol. The molecule has 0 fully saturated rings. The van der Waals surface area contributed by atoms with Crippen molar-refractivity contribution in [3.63, 3.8) is 0 Å². The highest BCUT2D eigenvalue weighted by Crippen LogP contribution is 2.32. The minimum atomic E-state index is -4.57. The van der Waals surface area contributed by atoms with Crippen molar-refractivity contribution >= 4 is 27.7 Å². The van der Waals surface area contributed by atoms with Crippen LogP contribution in [0.25, 0.3) is 11.1 Å². The summed E-state index contributed by atoms with van der Waals surface area (Å²) < 4.78 is 63.1. The first-order chi connectivity index (χ1) is 17.8. The van der Waals surface area contributed by atoms with Crippen LogP contribution in [-0.2, 0) is 27.7 Å². The van der Waals surface area contributed by atoms with Crippen molar-refractivity contribution < 1.29 is 31.5 Å². The SMILES string of the molecule is CC(C)(C)OC(=O)NCc1ccc(-c2cc(F)cc(F)c2S(=O)(=O)Nc2cnc3c(c2)C(=O)NCC3)cc1. The molecular formula is C26H26F2N4O5S. The average Bonchev–Trinajstić information content (AvgIpc) is 2.81. The third-order valence-electron chi connectivity index (χ3n) is 5.49. The van der Waals surface area contributed by atoms with Gasteiger partial charge in [0.05, 0.1) is 23.1 Å². The maximum absolute atomic E-state index is 15.0. The van der Waals surface area contributed by atoms with Crippen LogP contribution in [0.5, 0.6) is 0 Å². The summed E-state index contributed by atoms with van der Waals surface area (Å²) in [5, 5.41) is 5.25. The van der Waals surface area contributed by atoms with Gasteiger partial charge in [0.25, 0.3) is 15.9 Å². The summed E-state index contributed by atoms with van der Waals surface area (Å²) >= 11 is 0. The first kappa shape index (κ1) is 27.0. The lowest BCUT2D eigenvalue weighted by Gasteiger charge is -2.19. The van der Waals surface area contributed by atoms with Gasteiger partial charge < -0.3 is 15.4 Å². The molecule has 1 aliphatic heterocycles. The van der Waals surface area contributed by atoms with Crippen molar-refractivity contribution in [2.24, 2.45) is 0 Å². The number of benzene rings is 2. The lowest BCUT2D eigenvalue weighted by atomic mass is 10.0. The van der Waals surface area contributed by atoms with Crippen LogP contribution >= 0.6 is 0 Å². The van der Waals surface area contributed by atoms with Gasteiger partial charge in [0.1, 0.15) is 22.1 Å². The van der Waals surface area contributed by atoms with E-state index in [9.17, 15) is 26.8 Å². The van der Waals surface area contributed by atoms with E-state index in [1.165, 1.54) is 24.4 Å². The van der Waals surface area contributed by atoms with E-state index in [2.05, 4.69) is 20.3 Å². The normalized spacial score (nSPS) is 13.3. The number of carbonyl (C=O) groups is 2. The highest BCUT2D eigenvalue weighted by atomic mass is 32.2. The molecule has 4 rings (SSSR count). The molecular weight excluding hydrogens is 518 g/mol. The number of amides is 2. The Kier molecular flexibility index (Phi) is 7.36. The van der Waals surface area contributed by atoms with Gasteiger partial charge in [-0.25, -0.2) is 22.0 Å². The molecule has 9 nitrogen and oxygen atoms in total. The molecule has 2 heterocycles. The molecule has 3 N–H and O–H groups in total. The molecule has 3 aromatic rings. The maximum atomic E-state index is 15.0. The van der Waals surface area contributed by atoms with Gasteiger partial charge in [0.2, 0.25) is 0 Å². The van der Waals surface area contributed by atoms with Gasteiger partial charge in [-0.2, -0.15) is 0 Å². The minimum absolute atomic E-state index is 0.0426. The van der Waals surface area contributed by atoms with Crippen LogP contribution < -0.4 is 15.4 Å². The number of alkyl carbamates (subject to hydrolysis) is 1. The molecule has 0 aliphatic carbocycles. The number of nitrogens with one attached hydrogen (secondary N) is 3. The molecule has 1 aliphatic rings. The standard InChI is InChI=1S/C26H26F2N4O5S/c1-26(2,3)37-25(34)31-13-15-4-6-16(7-5-15)19-10-17(27)11-21(28)23(19)38(35,36)32-18-12-20-22(30-14-18)8-9-29-24(20)33/h4-7,10-12,14,32H,8-9,13H2,1-3H3,(H,29,33)(H,31,34). The fourth-order valence-electron chi connectivity index (χ4n) is 3.88. The van der Waals surface area contributed by atoms with E-state index in [4.69, 9.17) is 4.74 Å². The molecule has 0 bridgehead atoms. The number of rotatable bonds is 6. The maximum Gasteiger partial charge on any atom is 0.407 e. The summed E-state index contributed by atoms with van der Waals surface area (Å²) in [6.07, 6.45) is 1.12. The predicted molar refractivity (Wildman–Crippen MR) is 136 cm³/mol. The quantitative estimate of drug-likeness (QED) is 0.428. The summed E-state index contributed by atoms with van der Waals surface area (Å²) in [4.78, 5) is 27.4. The summed E-state index contributed by atoms with van der Waals surface area (Å²) in [6, 6.07) is 8.88. The van der Waals surface area contributed by atoms with E-state index < -0.39 is 44.2 Å². The minimum Gasteiger partial charge on any atom is -0.444 e. The molecule has 0 unspecified atom stereocenters. The molecule has 200 valence electrons. The number of aromatic nitrogens is 1. The number of hydrogen-bond donors (Lipinski definition) is 3. The second-order valence-corrected chi connectivity index (χ2v) is 11.3. The van der Waals surface area contributed by atoms with E-state index in [1.54, 1.807) is 32.9 Å². The van der Waals surface area contributed by atoms with E-state index >= 15 is 0 Å². The number of pyridine rings is 1. The summed E-state index contributed by atoms with van der Waals surface area (Å²) in [6.45, 7) is 5.75. The van der Waals surface area contributed by atoms with E-state index in [0.717, 1.165) is 6.07 Å². The van der Waals surface area contributed by atoms with Crippen molar-refractivity contribution in [2.75, 3.05) is 11.3 Å². The molecule has 0 spiro atoms. The molecule has 0 saturated carbocycles. The highest BCUT2D eigenvalue weighted by molar-refractivity contribution is 7.92. The Morgan fingerprint density at radius 3 is 2.50 bits per heavy atom. The zero-order chi connectivity index (χ0) is 27.7. The number of hydrogen-bond acceptors (Lipinski definition) is 6. The van der Waals surface area contributed by atoms with Crippen LogP contribution in [0.15, 0.2) is 53.6 Å². The summed E-state index contributed by atoms with van der Waals surface area (Å²) in [5.41, 5.74) is 0.709. The Bertz CT molecular complexity index is 1500. The molecule has 1 aromatic heterocycles. The van der Waals surface area contributed by atoms with Gasteiger partial charge in [-0.15, -0.1) is 0 Å². The molecule has 0 saturated heterocycles. The van der Waals surface area contributed by atoms with E-state index in [-0.39, 0.29) is 28.9 Å². The summed E-state index contributed by atoms with van der Waals surface area (Å²) in [5.74, 6) is -2.64. The first-order valence-electron chi connectivity index (χ1n) is 11.7. The van der Waals surface area contributed by atoms with Crippen LogP contribution in [0, 0.1) is 11.6 Å². The number of nitrogens with zero attached hydrogens (tertiary/aromatic N) is 1. The Morgan fingerprint density at radius 2 is 1.82 bits per heavy atom. The zero-order valence-corrected chi connectivity index (χ0v) is 21.7. The smallest absolute Gasteiger partial charge is 0.407 e. The van der Waals surface area contributed by atoms with E-state index in [1.807, 2.05) is 0 Å². The average molecular weight is 545 g/mol. The Labute approximate surface area is 218 Å². The van der Waals surface area contributed by atoms with Crippen LogP contribution in [0.1, 0.15) is 42.4 Å². The molecule has 0 atom stereocenters. The number of halogens is 2. The Hall–Kier alpha value is -4.06.